The van der Waals surface area contributed by atoms with E-state index in [2.05, 4.69) is 52.0 Å². The second kappa shape index (κ2) is 5.38. The van der Waals surface area contributed by atoms with Gasteiger partial charge in [-0.3, -0.25) is 0 Å². The Morgan fingerprint density at radius 1 is 1.19 bits per heavy atom. The van der Waals surface area contributed by atoms with Gasteiger partial charge in [-0.1, -0.05) is 52.7 Å². The lowest BCUT2D eigenvalue weighted by Gasteiger charge is -2.32. The van der Waals surface area contributed by atoms with Crippen LogP contribution in [0.1, 0.15) is 46.1 Å². The minimum absolute atomic E-state index is 0.238. The Morgan fingerprint density at radius 2 is 1.75 bits per heavy atom. The van der Waals surface area contributed by atoms with Crippen LogP contribution in [0.15, 0.2) is 24.3 Å². The van der Waals surface area contributed by atoms with Crippen LogP contribution < -0.4 is 4.74 Å². The molecule has 1 nitrogen and oxygen atoms in total. The molecule has 0 saturated heterocycles. The zero-order chi connectivity index (χ0) is 12.2. The van der Waals surface area contributed by atoms with Crippen molar-refractivity contribution in [3.63, 3.8) is 0 Å². The maximum atomic E-state index is 5.19. The van der Waals surface area contributed by atoms with Gasteiger partial charge >= 0.3 is 0 Å². The molecule has 0 aliphatic carbocycles. The summed E-state index contributed by atoms with van der Waals surface area (Å²) in [4.78, 5) is 0. The Bertz CT molecular complexity index is 311. The average molecular weight is 220 g/mol. The van der Waals surface area contributed by atoms with Crippen molar-refractivity contribution < 1.29 is 4.74 Å². The Balaban J connectivity index is 2.88. The number of hydrogen-bond donors (Lipinski definition) is 0. The van der Waals surface area contributed by atoms with Crippen LogP contribution in [-0.4, -0.2) is 7.11 Å². The molecule has 0 bridgehead atoms. The first-order valence-corrected chi connectivity index (χ1v) is 6.17. The SMILES string of the molecule is CCCC(C)C(C)(C)c1ccc(OC)cc1. The molecule has 0 N–H and O–H groups in total. The van der Waals surface area contributed by atoms with Gasteiger partial charge in [0.25, 0.3) is 0 Å². The molecule has 0 amide bonds. The highest BCUT2D eigenvalue weighted by Crippen LogP contribution is 2.34. The van der Waals surface area contributed by atoms with Crippen LogP contribution in [0.3, 0.4) is 0 Å². The van der Waals surface area contributed by atoms with Crippen molar-refractivity contribution in [3.05, 3.63) is 29.8 Å². The van der Waals surface area contributed by atoms with Gasteiger partial charge in [0.2, 0.25) is 0 Å². The van der Waals surface area contributed by atoms with Gasteiger partial charge in [-0.25, -0.2) is 0 Å². The van der Waals surface area contributed by atoms with Gasteiger partial charge in [0.15, 0.2) is 0 Å². The third-order valence-corrected chi connectivity index (χ3v) is 3.79. The molecular formula is C15H24O. The zero-order valence-electron chi connectivity index (χ0n) is 11.2. The predicted molar refractivity (Wildman–Crippen MR) is 70.1 cm³/mol. The molecule has 1 aromatic carbocycles. The molecule has 1 unspecified atom stereocenters. The third kappa shape index (κ3) is 2.78. The van der Waals surface area contributed by atoms with Crippen molar-refractivity contribution in [2.75, 3.05) is 7.11 Å². The first-order chi connectivity index (χ1) is 7.52. The number of ether oxygens (including phenoxy) is 1. The van der Waals surface area contributed by atoms with Gasteiger partial charge in [0.05, 0.1) is 7.11 Å². The first-order valence-electron chi connectivity index (χ1n) is 6.17. The predicted octanol–water partition coefficient (Wildman–Crippen LogP) is 4.41. The summed E-state index contributed by atoms with van der Waals surface area (Å²) in [7, 11) is 1.71. The van der Waals surface area contributed by atoms with Crippen molar-refractivity contribution in [2.45, 2.75) is 46.0 Å². The Hall–Kier alpha value is -0.980. The van der Waals surface area contributed by atoms with Crippen LogP contribution in [0.5, 0.6) is 5.75 Å². The van der Waals surface area contributed by atoms with Crippen LogP contribution in [0, 0.1) is 5.92 Å². The molecule has 0 radical (unpaired) electrons. The van der Waals surface area contributed by atoms with E-state index in [1.807, 2.05) is 0 Å². The number of benzene rings is 1. The van der Waals surface area contributed by atoms with Crippen LogP contribution >= 0.6 is 0 Å². The molecule has 1 aromatic rings. The quantitative estimate of drug-likeness (QED) is 0.714. The van der Waals surface area contributed by atoms with E-state index < -0.39 is 0 Å². The molecule has 0 saturated carbocycles. The second-order valence-electron chi connectivity index (χ2n) is 5.14. The summed E-state index contributed by atoms with van der Waals surface area (Å²) in [5.74, 6) is 1.63. The molecule has 0 aromatic heterocycles. The van der Waals surface area contributed by atoms with Crippen LogP contribution in [0.4, 0.5) is 0 Å². The molecule has 1 rings (SSSR count). The summed E-state index contributed by atoms with van der Waals surface area (Å²) in [5.41, 5.74) is 1.64. The fourth-order valence-corrected chi connectivity index (χ4v) is 2.10. The Labute approximate surface area is 99.8 Å². The lowest BCUT2D eigenvalue weighted by atomic mass is 9.72. The van der Waals surface area contributed by atoms with Gasteiger partial charge in [-0.2, -0.15) is 0 Å². The average Bonchev–Trinajstić information content (AvgIpc) is 2.29. The van der Waals surface area contributed by atoms with Crippen molar-refractivity contribution >= 4 is 0 Å². The molecule has 1 atom stereocenters. The number of hydrogen-bond acceptors (Lipinski definition) is 1. The smallest absolute Gasteiger partial charge is 0.118 e. The summed E-state index contributed by atoms with van der Waals surface area (Å²) < 4.78 is 5.19. The monoisotopic (exact) mass is 220 g/mol. The molecular weight excluding hydrogens is 196 g/mol. The van der Waals surface area contributed by atoms with Gasteiger partial charge in [-0.15, -0.1) is 0 Å². The van der Waals surface area contributed by atoms with Gasteiger partial charge in [0, 0.05) is 0 Å². The molecule has 1 heteroatoms. The van der Waals surface area contributed by atoms with E-state index in [4.69, 9.17) is 4.74 Å². The fourth-order valence-electron chi connectivity index (χ4n) is 2.10. The van der Waals surface area contributed by atoms with Gasteiger partial charge < -0.3 is 4.74 Å². The van der Waals surface area contributed by atoms with E-state index in [1.165, 1.54) is 18.4 Å². The van der Waals surface area contributed by atoms with Gasteiger partial charge in [0.1, 0.15) is 5.75 Å². The van der Waals surface area contributed by atoms with Crippen molar-refractivity contribution in [1.29, 1.82) is 0 Å². The minimum atomic E-state index is 0.238. The first kappa shape index (κ1) is 13.1. The molecule has 0 fully saturated rings. The molecule has 0 heterocycles. The van der Waals surface area contributed by atoms with E-state index in [9.17, 15) is 0 Å². The maximum Gasteiger partial charge on any atom is 0.118 e. The fraction of sp³-hybridized carbons (Fsp3) is 0.600. The normalized spacial score (nSPS) is 13.6. The molecule has 0 spiro atoms. The van der Waals surface area contributed by atoms with E-state index in [0.29, 0.717) is 5.92 Å². The number of methoxy groups -OCH3 is 1. The zero-order valence-corrected chi connectivity index (χ0v) is 11.2. The lowest BCUT2D eigenvalue weighted by Crippen LogP contribution is -2.26. The van der Waals surface area contributed by atoms with Crippen LogP contribution in [0.25, 0.3) is 0 Å². The van der Waals surface area contributed by atoms with Crippen molar-refractivity contribution in [3.8, 4) is 5.75 Å². The standard InChI is InChI=1S/C15H24O/c1-6-7-12(2)15(3,4)13-8-10-14(16-5)11-9-13/h8-12H,6-7H2,1-5H3. The largest absolute Gasteiger partial charge is 0.497 e. The maximum absolute atomic E-state index is 5.19. The highest BCUT2D eigenvalue weighted by Gasteiger charge is 2.26. The number of rotatable bonds is 5. The van der Waals surface area contributed by atoms with Crippen molar-refractivity contribution in [1.82, 2.24) is 0 Å². The molecule has 16 heavy (non-hydrogen) atoms. The topological polar surface area (TPSA) is 9.23 Å². The second-order valence-corrected chi connectivity index (χ2v) is 5.14. The van der Waals surface area contributed by atoms with E-state index in [1.54, 1.807) is 7.11 Å². The molecule has 0 aliphatic heterocycles. The van der Waals surface area contributed by atoms with E-state index in [0.717, 1.165) is 5.75 Å². The Morgan fingerprint density at radius 3 is 2.19 bits per heavy atom. The third-order valence-electron chi connectivity index (χ3n) is 3.79. The van der Waals surface area contributed by atoms with Crippen LogP contribution in [-0.2, 0) is 5.41 Å². The summed E-state index contributed by atoms with van der Waals surface area (Å²) in [6.45, 7) is 9.25. The minimum Gasteiger partial charge on any atom is -0.497 e. The molecule has 0 aliphatic rings. The van der Waals surface area contributed by atoms with E-state index in [-0.39, 0.29) is 5.41 Å². The lowest BCUT2D eigenvalue weighted by molar-refractivity contribution is 0.321. The highest BCUT2D eigenvalue weighted by molar-refractivity contribution is 5.31. The Kier molecular flexibility index (Phi) is 4.40. The van der Waals surface area contributed by atoms with Crippen molar-refractivity contribution in [2.24, 2.45) is 5.92 Å². The summed E-state index contributed by atoms with van der Waals surface area (Å²) in [5, 5.41) is 0. The summed E-state index contributed by atoms with van der Waals surface area (Å²) in [6, 6.07) is 8.47. The van der Waals surface area contributed by atoms with E-state index >= 15 is 0 Å². The summed E-state index contributed by atoms with van der Waals surface area (Å²) in [6.07, 6.45) is 2.53. The van der Waals surface area contributed by atoms with Crippen LogP contribution in [0.2, 0.25) is 0 Å². The van der Waals surface area contributed by atoms with Gasteiger partial charge in [-0.05, 0) is 29.0 Å². The highest BCUT2D eigenvalue weighted by atomic mass is 16.5. The summed E-state index contributed by atoms with van der Waals surface area (Å²) >= 11 is 0. The molecule has 90 valence electrons.